The summed E-state index contributed by atoms with van der Waals surface area (Å²) in [5, 5.41) is 15.9. The highest BCUT2D eigenvalue weighted by atomic mass is 35.5. The molecule has 3 N–H and O–H groups in total. The first kappa shape index (κ1) is 22.8. The van der Waals surface area contributed by atoms with E-state index in [2.05, 4.69) is 10.6 Å². The summed E-state index contributed by atoms with van der Waals surface area (Å²) in [6.45, 7) is 2.49. The highest BCUT2D eigenvalue weighted by Crippen LogP contribution is 2.30. The predicted octanol–water partition coefficient (Wildman–Crippen LogP) is 3.84. The van der Waals surface area contributed by atoms with E-state index in [0.29, 0.717) is 22.9 Å². The van der Waals surface area contributed by atoms with E-state index in [4.69, 9.17) is 21.1 Å². The maximum absolute atomic E-state index is 11.0. The summed E-state index contributed by atoms with van der Waals surface area (Å²) >= 11 is 6.13. The number of halogens is 3. The minimum atomic E-state index is -0.990. The van der Waals surface area contributed by atoms with Gasteiger partial charge in [0.15, 0.2) is 0 Å². The van der Waals surface area contributed by atoms with E-state index in [0.717, 1.165) is 25.3 Å². The highest BCUT2D eigenvalue weighted by Gasteiger charge is 2.12. The molecule has 1 heterocycles. The number of carbonyl (C=O) groups is 1. The lowest BCUT2D eigenvalue weighted by atomic mass is 10.1. The summed E-state index contributed by atoms with van der Waals surface area (Å²) in [5.41, 5.74) is 0.769. The summed E-state index contributed by atoms with van der Waals surface area (Å²) in [6.07, 6.45) is 1.04. The second kappa shape index (κ2) is 11.3. The Morgan fingerprint density at radius 2 is 1.96 bits per heavy atom. The Morgan fingerprint density at radius 1 is 1.21 bits per heavy atom. The molecule has 0 saturated heterocycles. The first-order chi connectivity index (χ1) is 10.6. The number of rotatable bonds is 8. The van der Waals surface area contributed by atoms with Crippen LogP contribution in [0.5, 0.6) is 0 Å². The molecule has 0 atom stereocenters. The van der Waals surface area contributed by atoms with E-state index in [1.165, 1.54) is 12.1 Å². The first-order valence-electron chi connectivity index (χ1n) is 7.09. The number of carboxylic acid groups (broad SMARTS) is 1. The fraction of sp³-hybridized carbons (Fsp3) is 0.312. The molecule has 0 aliphatic carbocycles. The SMILES string of the molecule is CNCCCNCc1ccc(-c2cc(C(=O)O)ccc2Cl)o1.Cl.Cl. The lowest BCUT2D eigenvalue weighted by Gasteiger charge is -2.04. The molecule has 1 aromatic carbocycles. The summed E-state index contributed by atoms with van der Waals surface area (Å²) in [5.74, 6) is 0.368. The second-order valence-electron chi connectivity index (χ2n) is 4.90. The van der Waals surface area contributed by atoms with Crippen molar-refractivity contribution in [2.24, 2.45) is 0 Å². The molecule has 0 aliphatic heterocycles. The molecule has 8 heteroatoms. The van der Waals surface area contributed by atoms with E-state index < -0.39 is 5.97 Å². The maximum atomic E-state index is 11.0. The van der Waals surface area contributed by atoms with Crippen molar-refractivity contribution in [1.29, 1.82) is 0 Å². The number of hydrogen-bond donors (Lipinski definition) is 3. The Labute approximate surface area is 158 Å². The molecule has 5 nitrogen and oxygen atoms in total. The predicted molar refractivity (Wildman–Crippen MR) is 101 cm³/mol. The van der Waals surface area contributed by atoms with Gasteiger partial charge in [0.1, 0.15) is 11.5 Å². The van der Waals surface area contributed by atoms with Crippen LogP contribution in [0.25, 0.3) is 11.3 Å². The molecular weight excluding hydrogens is 375 g/mol. The van der Waals surface area contributed by atoms with Crippen LogP contribution in [0.1, 0.15) is 22.5 Å². The molecule has 24 heavy (non-hydrogen) atoms. The molecule has 0 saturated carbocycles. The topological polar surface area (TPSA) is 74.5 Å². The van der Waals surface area contributed by atoms with Gasteiger partial charge in [-0.25, -0.2) is 4.79 Å². The monoisotopic (exact) mass is 394 g/mol. The fourth-order valence-electron chi connectivity index (χ4n) is 2.07. The number of hydrogen-bond acceptors (Lipinski definition) is 4. The van der Waals surface area contributed by atoms with Crippen LogP contribution in [0.15, 0.2) is 34.7 Å². The molecule has 2 aromatic rings. The van der Waals surface area contributed by atoms with E-state index in [1.807, 2.05) is 13.1 Å². The summed E-state index contributed by atoms with van der Waals surface area (Å²) in [4.78, 5) is 11.0. The molecule has 0 radical (unpaired) electrons. The van der Waals surface area contributed by atoms with Gasteiger partial charge in [-0.3, -0.25) is 0 Å². The number of benzene rings is 1. The Balaban J connectivity index is 0.00000264. The second-order valence-corrected chi connectivity index (χ2v) is 5.31. The molecule has 0 aliphatic rings. The van der Waals surface area contributed by atoms with Crippen molar-refractivity contribution < 1.29 is 14.3 Å². The van der Waals surface area contributed by atoms with Crippen LogP contribution >= 0.6 is 36.4 Å². The Hall–Kier alpha value is -1.24. The molecule has 0 unspecified atom stereocenters. The lowest BCUT2D eigenvalue weighted by Crippen LogP contribution is -2.19. The van der Waals surface area contributed by atoms with Crippen LogP contribution in [0.4, 0.5) is 0 Å². The molecule has 0 spiro atoms. The number of furan rings is 1. The fourth-order valence-corrected chi connectivity index (χ4v) is 2.28. The average molecular weight is 396 g/mol. The number of aromatic carboxylic acids is 1. The minimum absolute atomic E-state index is 0. The molecule has 2 rings (SSSR count). The van der Waals surface area contributed by atoms with Crippen molar-refractivity contribution in [2.45, 2.75) is 13.0 Å². The van der Waals surface area contributed by atoms with Crippen LogP contribution in [0, 0.1) is 0 Å². The largest absolute Gasteiger partial charge is 0.478 e. The molecule has 134 valence electrons. The van der Waals surface area contributed by atoms with Gasteiger partial charge in [0.05, 0.1) is 17.1 Å². The quantitative estimate of drug-likeness (QED) is 0.592. The van der Waals surface area contributed by atoms with Gasteiger partial charge >= 0.3 is 5.97 Å². The van der Waals surface area contributed by atoms with E-state index in [-0.39, 0.29) is 30.4 Å². The van der Waals surface area contributed by atoms with Crippen molar-refractivity contribution in [3.63, 3.8) is 0 Å². The van der Waals surface area contributed by atoms with Gasteiger partial charge in [0.2, 0.25) is 0 Å². The van der Waals surface area contributed by atoms with Crippen molar-refractivity contribution in [3.8, 4) is 11.3 Å². The van der Waals surface area contributed by atoms with E-state index in [1.54, 1.807) is 12.1 Å². The maximum Gasteiger partial charge on any atom is 0.335 e. The molecular formula is C16H21Cl3N2O3. The zero-order chi connectivity index (χ0) is 15.9. The standard InChI is InChI=1S/C16H19ClN2O3.2ClH/c1-18-7-2-8-19-10-12-4-6-15(22-12)13-9-11(16(20)21)3-5-14(13)17;;/h3-6,9,18-19H,2,7-8,10H2,1H3,(H,20,21);2*1H. The number of carboxylic acids is 1. The zero-order valence-electron chi connectivity index (χ0n) is 13.2. The Morgan fingerprint density at radius 3 is 2.62 bits per heavy atom. The summed E-state index contributed by atoms with van der Waals surface area (Å²) < 4.78 is 5.74. The van der Waals surface area contributed by atoms with Gasteiger partial charge in [0, 0.05) is 5.56 Å². The lowest BCUT2D eigenvalue weighted by molar-refractivity contribution is 0.0697. The third kappa shape index (κ3) is 6.34. The molecule has 1 aromatic heterocycles. The van der Waals surface area contributed by atoms with Gasteiger partial charge in [-0.1, -0.05) is 11.6 Å². The van der Waals surface area contributed by atoms with Gasteiger partial charge < -0.3 is 20.2 Å². The van der Waals surface area contributed by atoms with Gasteiger partial charge in [-0.15, -0.1) is 24.8 Å². The van der Waals surface area contributed by atoms with Crippen molar-refractivity contribution in [3.05, 3.63) is 46.7 Å². The summed E-state index contributed by atoms with van der Waals surface area (Å²) in [6, 6.07) is 8.23. The van der Waals surface area contributed by atoms with Gasteiger partial charge in [-0.05, 0) is 56.9 Å². The van der Waals surface area contributed by atoms with Crippen LogP contribution in [-0.4, -0.2) is 31.2 Å². The third-order valence-corrected chi connectivity index (χ3v) is 3.55. The first-order valence-corrected chi connectivity index (χ1v) is 7.47. The normalized spacial score (nSPS) is 9.92. The van der Waals surface area contributed by atoms with Crippen LogP contribution in [-0.2, 0) is 6.54 Å². The Bertz CT molecular complexity index is 647. The third-order valence-electron chi connectivity index (χ3n) is 3.22. The molecule has 0 amide bonds. The van der Waals surface area contributed by atoms with Gasteiger partial charge in [0.25, 0.3) is 0 Å². The van der Waals surface area contributed by atoms with Crippen LogP contribution in [0.2, 0.25) is 5.02 Å². The van der Waals surface area contributed by atoms with Crippen molar-refractivity contribution in [2.75, 3.05) is 20.1 Å². The van der Waals surface area contributed by atoms with E-state index in [9.17, 15) is 4.79 Å². The smallest absolute Gasteiger partial charge is 0.335 e. The highest BCUT2D eigenvalue weighted by molar-refractivity contribution is 6.33. The van der Waals surface area contributed by atoms with Crippen molar-refractivity contribution >= 4 is 42.4 Å². The van der Waals surface area contributed by atoms with Crippen LogP contribution < -0.4 is 10.6 Å². The molecule has 0 fully saturated rings. The average Bonchev–Trinajstić information content (AvgIpc) is 2.96. The Kier molecular flexibility index (Phi) is 10.8. The number of nitrogens with one attached hydrogen (secondary N) is 2. The molecule has 0 bridgehead atoms. The van der Waals surface area contributed by atoms with E-state index >= 15 is 0 Å². The zero-order valence-corrected chi connectivity index (χ0v) is 15.6. The van der Waals surface area contributed by atoms with Crippen LogP contribution in [0.3, 0.4) is 0 Å². The van der Waals surface area contributed by atoms with Gasteiger partial charge in [-0.2, -0.15) is 0 Å². The summed E-state index contributed by atoms with van der Waals surface area (Å²) in [7, 11) is 1.92. The van der Waals surface area contributed by atoms with Crippen molar-refractivity contribution in [1.82, 2.24) is 10.6 Å². The minimum Gasteiger partial charge on any atom is -0.478 e.